The van der Waals surface area contributed by atoms with Crippen LogP contribution in [0.4, 0.5) is 10.1 Å². The molecule has 0 aliphatic carbocycles. The summed E-state index contributed by atoms with van der Waals surface area (Å²) >= 11 is 3.27. The maximum atomic E-state index is 13.5. The van der Waals surface area contributed by atoms with Crippen molar-refractivity contribution in [3.05, 3.63) is 34.6 Å². The molecule has 3 heteroatoms. The number of halogens is 2. The number of hydrogen-bond donors (Lipinski definition) is 0. The van der Waals surface area contributed by atoms with Crippen LogP contribution >= 0.6 is 15.9 Å². The highest BCUT2D eigenvalue weighted by molar-refractivity contribution is 9.10. The standard InChI is InChI=1S/C11H13BrFN/c1-4-9-10(13)6-8(12)7-11(9)14(3)5-2/h4,6-7H,1,5H2,2-3H3. The van der Waals surface area contributed by atoms with E-state index >= 15 is 0 Å². The molecule has 14 heavy (non-hydrogen) atoms. The summed E-state index contributed by atoms with van der Waals surface area (Å²) in [6.45, 7) is 6.47. The number of anilines is 1. The zero-order chi connectivity index (χ0) is 10.7. The molecule has 0 fully saturated rings. The summed E-state index contributed by atoms with van der Waals surface area (Å²) in [5, 5.41) is 0. The molecule has 0 amide bonds. The lowest BCUT2D eigenvalue weighted by Gasteiger charge is -2.20. The predicted octanol–water partition coefficient (Wildman–Crippen LogP) is 3.69. The Balaban J connectivity index is 3.31. The van der Waals surface area contributed by atoms with Crippen molar-refractivity contribution in [2.24, 2.45) is 0 Å². The normalized spacial score (nSPS) is 10.0. The van der Waals surface area contributed by atoms with Gasteiger partial charge in [0.2, 0.25) is 0 Å². The van der Waals surface area contributed by atoms with Crippen molar-refractivity contribution >= 4 is 27.7 Å². The molecule has 0 spiro atoms. The molecule has 0 aliphatic heterocycles. The highest BCUT2D eigenvalue weighted by Crippen LogP contribution is 2.27. The Morgan fingerprint density at radius 3 is 2.71 bits per heavy atom. The van der Waals surface area contributed by atoms with Crippen LogP contribution in [0.25, 0.3) is 6.08 Å². The number of hydrogen-bond acceptors (Lipinski definition) is 1. The summed E-state index contributed by atoms with van der Waals surface area (Å²) in [6.07, 6.45) is 1.54. The van der Waals surface area contributed by atoms with Gasteiger partial charge in [-0.2, -0.15) is 0 Å². The Labute approximate surface area is 92.4 Å². The fourth-order valence-corrected chi connectivity index (χ4v) is 1.68. The number of rotatable bonds is 3. The van der Waals surface area contributed by atoms with Crippen LogP contribution in [0.2, 0.25) is 0 Å². The molecule has 1 nitrogen and oxygen atoms in total. The molecule has 0 aliphatic rings. The summed E-state index contributed by atoms with van der Waals surface area (Å²) < 4.78 is 14.2. The van der Waals surface area contributed by atoms with Crippen molar-refractivity contribution in [2.75, 3.05) is 18.5 Å². The van der Waals surface area contributed by atoms with Crippen molar-refractivity contribution in [1.82, 2.24) is 0 Å². The van der Waals surface area contributed by atoms with Gasteiger partial charge in [-0.1, -0.05) is 28.6 Å². The van der Waals surface area contributed by atoms with Crippen LogP contribution < -0.4 is 4.90 Å². The maximum absolute atomic E-state index is 13.5. The first-order valence-electron chi connectivity index (χ1n) is 4.42. The van der Waals surface area contributed by atoms with E-state index in [1.54, 1.807) is 6.08 Å². The Morgan fingerprint density at radius 1 is 1.57 bits per heavy atom. The second-order valence-corrected chi connectivity index (χ2v) is 3.95. The maximum Gasteiger partial charge on any atom is 0.133 e. The molecular weight excluding hydrogens is 245 g/mol. The zero-order valence-corrected chi connectivity index (χ0v) is 9.94. The van der Waals surface area contributed by atoms with Gasteiger partial charge in [0.1, 0.15) is 5.82 Å². The van der Waals surface area contributed by atoms with Gasteiger partial charge in [-0.25, -0.2) is 4.39 Å². The van der Waals surface area contributed by atoms with Gasteiger partial charge in [0.25, 0.3) is 0 Å². The average Bonchev–Trinajstić information content (AvgIpc) is 2.15. The van der Waals surface area contributed by atoms with Crippen LogP contribution in [0.3, 0.4) is 0 Å². The minimum Gasteiger partial charge on any atom is -0.374 e. The van der Waals surface area contributed by atoms with E-state index in [1.165, 1.54) is 6.07 Å². The topological polar surface area (TPSA) is 3.24 Å². The van der Waals surface area contributed by atoms with E-state index < -0.39 is 0 Å². The predicted molar refractivity (Wildman–Crippen MR) is 63.1 cm³/mol. The fraction of sp³-hybridized carbons (Fsp3) is 0.273. The molecule has 0 heterocycles. The van der Waals surface area contributed by atoms with Gasteiger partial charge >= 0.3 is 0 Å². The number of nitrogens with zero attached hydrogens (tertiary/aromatic N) is 1. The summed E-state index contributed by atoms with van der Waals surface area (Å²) in [7, 11) is 1.92. The minimum absolute atomic E-state index is 0.246. The molecule has 0 atom stereocenters. The van der Waals surface area contributed by atoms with Crippen LogP contribution in [0.5, 0.6) is 0 Å². The Kier molecular flexibility index (Phi) is 3.69. The lowest BCUT2D eigenvalue weighted by molar-refractivity contribution is 0.623. The van der Waals surface area contributed by atoms with Gasteiger partial charge in [-0.15, -0.1) is 0 Å². The summed E-state index contributed by atoms with van der Waals surface area (Å²) in [5.41, 5.74) is 1.41. The molecule has 1 aromatic rings. The van der Waals surface area contributed by atoms with E-state index in [9.17, 15) is 4.39 Å². The Bertz CT molecular complexity index is 349. The van der Waals surface area contributed by atoms with Crippen molar-refractivity contribution in [3.63, 3.8) is 0 Å². The SMILES string of the molecule is C=Cc1c(F)cc(Br)cc1N(C)CC. The van der Waals surface area contributed by atoms with Crippen molar-refractivity contribution in [3.8, 4) is 0 Å². The molecule has 1 aromatic carbocycles. The van der Waals surface area contributed by atoms with Crippen LogP contribution in [-0.2, 0) is 0 Å². The fourth-order valence-electron chi connectivity index (χ4n) is 1.26. The lowest BCUT2D eigenvalue weighted by atomic mass is 10.1. The van der Waals surface area contributed by atoms with Crippen LogP contribution in [0.15, 0.2) is 23.2 Å². The highest BCUT2D eigenvalue weighted by Gasteiger charge is 2.09. The first-order chi connectivity index (χ1) is 6.60. The van der Waals surface area contributed by atoms with Crippen LogP contribution in [0.1, 0.15) is 12.5 Å². The average molecular weight is 258 g/mol. The van der Waals surface area contributed by atoms with Gasteiger partial charge in [-0.05, 0) is 19.1 Å². The molecule has 76 valence electrons. The van der Waals surface area contributed by atoms with Crippen LogP contribution in [0, 0.1) is 5.82 Å². The second-order valence-electron chi connectivity index (χ2n) is 3.04. The zero-order valence-electron chi connectivity index (χ0n) is 8.35. The van der Waals surface area contributed by atoms with Crippen molar-refractivity contribution in [2.45, 2.75) is 6.92 Å². The van der Waals surface area contributed by atoms with E-state index in [2.05, 4.69) is 22.5 Å². The van der Waals surface area contributed by atoms with Gasteiger partial charge < -0.3 is 4.90 Å². The van der Waals surface area contributed by atoms with Crippen molar-refractivity contribution < 1.29 is 4.39 Å². The molecule has 0 bridgehead atoms. The van der Waals surface area contributed by atoms with Crippen LogP contribution in [-0.4, -0.2) is 13.6 Å². The smallest absolute Gasteiger partial charge is 0.133 e. The van der Waals surface area contributed by atoms with E-state index in [1.807, 2.05) is 24.9 Å². The Hall–Kier alpha value is -0.830. The first kappa shape index (κ1) is 11.2. The number of benzene rings is 1. The van der Waals surface area contributed by atoms with Crippen molar-refractivity contribution in [1.29, 1.82) is 0 Å². The molecular formula is C11H13BrFN. The van der Waals surface area contributed by atoms with E-state index in [-0.39, 0.29) is 5.82 Å². The van der Waals surface area contributed by atoms with E-state index in [4.69, 9.17) is 0 Å². The third-order valence-electron chi connectivity index (χ3n) is 2.16. The van der Waals surface area contributed by atoms with Gasteiger partial charge in [0.05, 0.1) is 0 Å². The first-order valence-corrected chi connectivity index (χ1v) is 5.22. The lowest BCUT2D eigenvalue weighted by Crippen LogP contribution is -2.17. The van der Waals surface area contributed by atoms with Gasteiger partial charge in [0, 0.05) is 29.3 Å². The van der Waals surface area contributed by atoms with Gasteiger partial charge in [0.15, 0.2) is 0 Å². The molecule has 0 saturated carbocycles. The summed E-state index contributed by atoms with van der Waals surface area (Å²) in [6, 6.07) is 3.34. The largest absolute Gasteiger partial charge is 0.374 e. The Morgan fingerprint density at radius 2 is 2.21 bits per heavy atom. The molecule has 0 radical (unpaired) electrons. The summed E-state index contributed by atoms with van der Waals surface area (Å²) in [5.74, 6) is -0.246. The quantitative estimate of drug-likeness (QED) is 0.799. The molecule has 0 aromatic heterocycles. The third-order valence-corrected chi connectivity index (χ3v) is 2.62. The molecule has 0 saturated heterocycles. The second kappa shape index (κ2) is 4.60. The third kappa shape index (κ3) is 2.15. The molecule has 1 rings (SSSR count). The monoisotopic (exact) mass is 257 g/mol. The van der Waals surface area contributed by atoms with Gasteiger partial charge in [-0.3, -0.25) is 0 Å². The van der Waals surface area contributed by atoms with E-state index in [0.717, 1.165) is 16.7 Å². The molecule has 0 N–H and O–H groups in total. The summed E-state index contributed by atoms with van der Waals surface area (Å²) in [4.78, 5) is 1.98. The highest BCUT2D eigenvalue weighted by atomic mass is 79.9. The van der Waals surface area contributed by atoms with E-state index in [0.29, 0.717) is 5.56 Å². The minimum atomic E-state index is -0.246. The molecule has 0 unspecified atom stereocenters.